The van der Waals surface area contributed by atoms with Gasteiger partial charge in [0.05, 0.1) is 26.7 Å². The van der Waals surface area contributed by atoms with Crippen LogP contribution in [-0.2, 0) is 30.7 Å². The number of hydrogen-bond donors (Lipinski definition) is 2. The van der Waals surface area contributed by atoms with Crippen LogP contribution in [0.3, 0.4) is 0 Å². The number of aromatic nitrogens is 4. The maximum Gasteiger partial charge on any atom is 0.316 e. The van der Waals surface area contributed by atoms with E-state index in [2.05, 4.69) is 51.7 Å². The van der Waals surface area contributed by atoms with Gasteiger partial charge in [-0.05, 0) is 34.4 Å². The van der Waals surface area contributed by atoms with Crippen LogP contribution in [0.2, 0.25) is 0 Å². The second-order valence-electron chi connectivity index (χ2n) is 11.7. The molecule has 1 fully saturated rings. The Morgan fingerprint density at radius 1 is 0.880 bits per heavy atom. The molecule has 3 heterocycles. The fourth-order valence-electron chi connectivity index (χ4n) is 6.39. The van der Waals surface area contributed by atoms with Crippen molar-refractivity contribution in [1.29, 1.82) is 0 Å². The molecule has 1 aliphatic rings. The van der Waals surface area contributed by atoms with Gasteiger partial charge in [-0.15, -0.1) is 0 Å². The molecule has 7 rings (SSSR count). The molecule has 1 aliphatic heterocycles. The van der Waals surface area contributed by atoms with Gasteiger partial charge >= 0.3 is 8.25 Å². The summed E-state index contributed by atoms with van der Waals surface area (Å²) in [5, 5.41) is 3.74. The second-order valence-corrected chi connectivity index (χ2v) is 12.6. The van der Waals surface area contributed by atoms with Gasteiger partial charge in [-0.3, -0.25) is 9.13 Å². The first-order chi connectivity index (χ1) is 24.5. The zero-order valence-corrected chi connectivity index (χ0v) is 28.0. The number of anilines is 1. The van der Waals surface area contributed by atoms with Crippen LogP contribution >= 0.6 is 8.25 Å². The third kappa shape index (κ3) is 6.64. The molecule has 11 nitrogen and oxygen atoms in total. The Morgan fingerprint density at radius 3 is 2.04 bits per heavy atom. The van der Waals surface area contributed by atoms with Crippen LogP contribution < -0.4 is 10.1 Å². The maximum atomic E-state index is 16.0. The van der Waals surface area contributed by atoms with Crippen molar-refractivity contribution in [1.82, 2.24) is 19.5 Å². The summed E-state index contributed by atoms with van der Waals surface area (Å²) < 4.78 is 51.4. The molecule has 2 unspecified atom stereocenters. The van der Waals surface area contributed by atoms with Crippen molar-refractivity contribution in [3.05, 3.63) is 150 Å². The molecule has 0 radical (unpaired) electrons. The second kappa shape index (κ2) is 14.9. The van der Waals surface area contributed by atoms with E-state index >= 15 is 4.39 Å². The van der Waals surface area contributed by atoms with E-state index < -0.39 is 45.0 Å². The summed E-state index contributed by atoms with van der Waals surface area (Å²) in [7, 11) is -1.74. The van der Waals surface area contributed by atoms with Crippen molar-refractivity contribution >= 4 is 25.2 Å². The lowest BCUT2D eigenvalue weighted by Crippen LogP contribution is -2.38. The molecule has 0 spiro atoms. The number of nitrogens with zero attached hydrogens (tertiary/aromatic N) is 4. The lowest BCUT2D eigenvalue weighted by atomic mass is 9.77. The predicted octanol–water partition coefficient (Wildman–Crippen LogP) is 6.46. The van der Waals surface area contributed by atoms with Crippen molar-refractivity contribution in [2.75, 3.05) is 19.0 Å². The third-order valence-corrected chi connectivity index (χ3v) is 9.21. The zero-order chi connectivity index (χ0) is 34.5. The van der Waals surface area contributed by atoms with Gasteiger partial charge in [0.15, 0.2) is 29.4 Å². The van der Waals surface area contributed by atoms with Crippen molar-refractivity contribution < 1.29 is 32.6 Å². The largest absolute Gasteiger partial charge is 0.497 e. The molecule has 256 valence electrons. The first-order valence-electron chi connectivity index (χ1n) is 16.0. The summed E-state index contributed by atoms with van der Waals surface area (Å²) >= 11 is 0. The van der Waals surface area contributed by atoms with Gasteiger partial charge in [0.1, 0.15) is 29.8 Å². The lowest BCUT2D eigenvalue weighted by Gasteiger charge is -2.37. The molecular formula is C37H35FN5O6P. The minimum absolute atomic E-state index is 0.0707. The maximum absolute atomic E-state index is 16.0. The number of halogens is 1. The quantitative estimate of drug-likeness (QED) is 0.103. The highest BCUT2D eigenvalue weighted by atomic mass is 31.1. The Morgan fingerprint density at radius 2 is 1.48 bits per heavy atom. The van der Waals surface area contributed by atoms with Crippen LogP contribution in [0.15, 0.2) is 128 Å². The Bertz CT molecular complexity index is 1940. The fraction of sp³-hybridized carbons (Fsp3) is 0.216. The van der Waals surface area contributed by atoms with Crippen LogP contribution in [0, 0.1) is 0 Å². The van der Waals surface area contributed by atoms with Gasteiger partial charge in [-0.25, -0.2) is 19.3 Å². The van der Waals surface area contributed by atoms with Crippen LogP contribution in [0.25, 0.3) is 11.2 Å². The number of fused-ring (bicyclic) bond motifs is 1. The zero-order valence-electron chi connectivity index (χ0n) is 27.0. The molecule has 4 aromatic carbocycles. The number of rotatable bonds is 13. The molecule has 2 N–H and O–H groups in total. The molecule has 0 aliphatic carbocycles. The van der Waals surface area contributed by atoms with E-state index in [1.165, 1.54) is 12.7 Å². The number of benzene rings is 4. The Kier molecular flexibility index (Phi) is 9.97. The first kappa shape index (κ1) is 33.5. The van der Waals surface area contributed by atoms with Crippen LogP contribution in [0.5, 0.6) is 5.75 Å². The van der Waals surface area contributed by atoms with E-state index in [1.807, 2.05) is 66.7 Å². The Labute approximate surface area is 288 Å². The molecule has 0 saturated carbocycles. The standard InChI is InChI=1S/C37H35FN5O6P/c1-46-29-19-17-25(18-20-29)21-47-33-31(38)30(22-48-50(44)45)49-36(33)43-24-41-32-34(39-23-40-35(32)43)42-37(26-11-5-2-6-12-26,27-13-7-3-8-14-27)28-15-9-4-10-16-28/h2-20,23-24,30-31,33,36,50H,21-22H2,1H3,(H,44,45)(H,39,40,42)/t30-,31+,33?,36-/m1/s1. The molecule has 2 aromatic heterocycles. The average Bonchev–Trinajstić information content (AvgIpc) is 3.74. The highest BCUT2D eigenvalue weighted by Gasteiger charge is 2.48. The number of nitrogens with one attached hydrogen (secondary N) is 1. The van der Waals surface area contributed by atoms with Crippen LogP contribution in [0.4, 0.5) is 10.2 Å². The Balaban J connectivity index is 1.28. The average molecular weight is 696 g/mol. The van der Waals surface area contributed by atoms with Crippen LogP contribution in [0.1, 0.15) is 28.5 Å². The highest BCUT2D eigenvalue weighted by Crippen LogP contribution is 2.42. The number of hydrogen-bond acceptors (Lipinski definition) is 9. The van der Waals surface area contributed by atoms with Gasteiger partial charge in [0, 0.05) is 0 Å². The Hall–Kier alpha value is -4.97. The van der Waals surface area contributed by atoms with Crippen molar-refractivity contribution in [3.63, 3.8) is 0 Å². The van der Waals surface area contributed by atoms with E-state index in [-0.39, 0.29) is 6.61 Å². The van der Waals surface area contributed by atoms with Gasteiger partial charge in [0.2, 0.25) is 0 Å². The van der Waals surface area contributed by atoms with E-state index in [0.29, 0.717) is 22.7 Å². The number of ether oxygens (including phenoxy) is 3. The minimum atomic E-state index is -3.32. The van der Waals surface area contributed by atoms with Crippen molar-refractivity contribution in [2.45, 2.75) is 36.8 Å². The van der Waals surface area contributed by atoms with E-state index in [4.69, 9.17) is 23.7 Å². The van der Waals surface area contributed by atoms with Crippen LogP contribution in [-0.4, -0.2) is 56.5 Å². The summed E-state index contributed by atoms with van der Waals surface area (Å²) in [4.78, 5) is 23.2. The summed E-state index contributed by atoms with van der Waals surface area (Å²) in [5.41, 5.74) is 3.62. The van der Waals surface area contributed by atoms with Gasteiger partial charge in [-0.1, -0.05) is 103 Å². The molecule has 0 bridgehead atoms. The van der Waals surface area contributed by atoms with Gasteiger partial charge < -0.3 is 28.9 Å². The molecule has 13 heteroatoms. The number of alkyl halides is 1. The summed E-state index contributed by atoms with van der Waals surface area (Å²) in [6, 6.07) is 37.5. The predicted molar refractivity (Wildman–Crippen MR) is 186 cm³/mol. The molecular weight excluding hydrogens is 660 g/mol. The van der Waals surface area contributed by atoms with E-state index in [1.54, 1.807) is 23.8 Å². The number of imidazole rings is 1. The minimum Gasteiger partial charge on any atom is -0.497 e. The summed E-state index contributed by atoms with van der Waals surface area (Å²) in [6.07, 6.45) is -2.11. The summed E-state index contributed by atoms with van der Waals surface area (Å²) in [5.74, 6) is 1.12. The van der Waals surface area contributed by atoms with E-state index in [0.717, 1.165) is 22.3 Å². The molecule has 50 heavy (non-hydrogen) atoms. The molecule has 1 saturated heterocycles. The smallest absolute Gasteiger partial charge is 0.316 e. The van der Waals surface area contributed by atoms with Crippen molar-refractivity contribution in [3.8, 4) is 5.75 Å². The SMILES string of the molecule is COc1ccc(COC2[C@@H](F)[C@@H](CO[PH](=O)O)O[C@H]2n2cnc3c(NC(c4ccccc4)(c4ccccc4)c4ccccc4)ncnc32)cc1. The highest BCUT2D eigenvalue weighted by molar-refractivity contribution is 7.32. The van der Waals surface area contributed by atoms with E-state index in [9.17, 15) is 9.46 Å². The third-order valence-electron chi connectivity index (χ3n) is 8.80. The lowest BCUT2D eigenvalue weighted by molar-refractivity contribution is -0.0729. The molecule has 6 aromatic rings. The normalized spacial score (nSPS) is 19.7. The molecule has 5 atom stereocenters. The molecule has 0 amide bonds. The van der Waals surface area contributed by atoms with Gasteiger partial charge in [-0.2, -0.15) is 0 Å². The number of methoxy groups -OCH3 is 1. The summed E-state index contributed by atoms with van der Waals surface area (Å²) in [6.45, 7) is -0.363. The fourth-order valence-corrected chi connectivity index (χ4v) is 6.69. The van der Waals surface area contributed by atoms with Crippen molar-refractivity contribution in [2.24, 2.45) is 0 Å². The van der Waals surface area contributed by atoms with Gasteiger partial charge in [0.25, 0.3) is 0 Å². The monoisotopic (exact) mass is 695 g/mol. The topological polar surface area (TPSA) is 130 Å². The first-order valence-corrected chi connectivity index (χ1v) is 17.3.